The minimum atomic E-state index is -0.293. The molecule has 174 valence electrons. The highest BCUT2D eigenvalue weighted by atomic mass is 35.5. The first-order chi connectivity index (χ1) is 15.9. The zero-order valence-corrected chi connectivity index (χ0v) is 20.5. The van der Waals surface area contributed by atoms with E-state index < -0.39 is 0 Å². The molecule has 2 aromatic carbocycles. The SMILES string of the molecule is CCOC(=O)C1CCCN(C(=O)Cn2c(Cc3ccccc3Cl)nc3cc(Cl)c(Cl)cc32)C1. The van der Waals surface area contributed by atoms with Crippen molar-refractivity contribution in [3.05, 3.63) is 62.9 Å². The predicted molar refractivity (Wildman–Crippen MR) is 130 cm³/mol. The minimum Gasteiger partial charge on any atom is -0.466 e. The number of carbonyl (C=O) groups is 2. The van der Waals surface area contributed by atoms with Crippen molar-refractivity contribution in [2.45, 2.75) is 32.7 Å². The first-order valence-corrected chi connectivity index (χ1v) is 12.0. The molecular formula is C24H24Cl3N3O3. The number of piperidine rings is 1. The maximum atomic E-state index is 13.3. The largest absolute Gasteiger partial charge is 0.466 e. The number of fused-ring (bicyclic) bond motifs is 1. The summed E-state index contributed by atoms with van der Waals surface area (Å²) in [5, 5.41) is 1.42. The maximum absolute atomic E-state index is 13.3. The normalized spacial score (nSPS) is 16.2. The number of hydrogen-bond donors (Lipinski definition) is 0. The Bertz CT molecular complexity index is 1190. The van der Waals surface area contributed by atoms with Gasteiger partial charge in [-0.2, -0.15) is 0 Å². The van der Waals surface area contributed by atoms with Crippen LogP contribution in [0.15, 0.2) is 36.4 Å². The number of hydrogen-bond acceptors (Lipinski definition) is 4. The molecule has 1 aliphatic rings. The number of aromatic nitrogens is 2. The molecule has 0 radical (unpaired) electrons. The number of halogens is 3. The Balaban J connectivity index is 1.64. The Kier molecular flexibility index (Phi) is 7.47. The molecule has 4 rings (SSSR count). The lowest BCUT2D eigenvalue weighted by Gasteiger charge is -2.31. The fourth-order valence-electron chi connectivity index (χ4n) is 4.18. The van der Waals surface area contributed by atoms with Gasteiger partial charge in [-0.15, -0.1) is 0 Å². The van der Waals surface area contributed by atoms with Gasteiger partial charge in [0.15, 0.2) is 0 Å². The Morgan fingerprint density at radius 2 is 1.88 bits per heavy atom. The van der Waals surface area contributed by atoms with E-state index in [0.717, 1.165) is 23.9 Å². The van der Waals surface area contributed by atoms with Crippen molar-refractivity contribution in [3.63, 3.8) is 0 Å². The van der Waals surface area contributed by atoms with E-state index in [1.165, 1.54) is 0 Å². The van der Waals surface area contributed by atoms with Crippen LogP contribution in [0.5, 0.6) is 0 Å². The van der Waals surface area contributed by atoms with Gasteiger partial charge >= 0.3 is 5.97 Å². The van der Waals surface area contributed by atoms with Crippen LogP contribution in [0.3, 0.4) is 0 Å². The van der Waals surface area contributed by atoms with Crippen LogP contribution >= 0.6 is 34.8 Å². The number of rotatable bonds is 6. The van der Waals surface area contributed by atoms with Gasteiger partial charge in [-0.3, -0.25) is 9.59 Å². The van der Waals surface area contributed by atoms with Crippen LogP contribution in [-0.2, 0) is 27.3 Å². The highest BCUT2D eigenvalue weighted by Gasteiger charge is 2.30. The minimum absolute atomic E-state index is 0.0732. The van der Waals surface area contributed by atoms with Gasteiger partial charge in [0, 0.05) is 24.5 Å². The monoisotopic (exact) mass is 507 g/mol. The second-order valence-corrected chi connectivity index (χ2v) is 9.29. The van der Waals surface area contributed by atoms with Crippen LogP contribution in [0.2, 0.25) is 15.1 Å². The molecule has 2 heterocycles. The van der Waals surface area contributed by atoms with Crippen LogP contribution in [-0.4, -0.2) is 46.0 Å². The second-order valence-electron chi connectivity index (χ2n) is 8.07. The Morgan fingerprint density at radius 1 is 1.12 bits per heavy atom. The molecule has 0 saturated carbocycles. The van der Waals surface area contributed by atoms with E-state index in [9.17, 15) is 9.59 Å². The second kappa shape index (κ2) is 10.3. The number of amides is 1. The van der Waals surface area contributed by atoms with Gasteiger partial charge in [-0.25, -0.2) is 4.98 Å². The summed E-state index contributed by atoms with van der Waals surface area (Å²) in [7, 11) is 0. The summed E-state index contributed by atoms with van der Waals surface area (Å²) in [4.78, 5) is 32.0. The number of carbonyl (C=O) groups excluding carboxylic acids is 2. The first-order valence-electron chi connectivity index (χ1n) is 10.9. The van der Waals surface area contributed by atoms with Gasteiger partial charge < -0.3 is 14.2 Å². The van der Waals surface area contributed by atoms with E-state index in [2.05, 4.69) is 0 Å². The van der Waals surface area contributed by atoms with Crippen LogP contribution < -0.4 is 0 Å². The molecule has 1 amide bonds. The summed E-state index contributed by atoms with van der Waals surface area (Å²) in [5.41, 5.74) is 2.28. The van der Waals surface area contributed by atoms with Crippen LogP contribution in [0.1, 0.15) is 31.2 Å². The molecule has 1 atom stereocenters. The van der Waals surface area contributed by atoms with E-state index >= 15 is 0 Å². The third kappa shape index (κ3) is 5.29. The van der Waals surface area contributed by atoms with Gasteiger partial charge in [0.2, 0.25) is 5.91 Å². The third-order valence-corrected chi connectivity index (χ3v) is 6.95. The summed E-state index contributed by atoms with van der Waals surface area (Å²) in [6, 6.07) is 11.0. The van der Waals surface area contributed by atoms with Crippen molar-refractivity contribution in [3.8, 4) is 0 Å². The van der Waals surface area contributed by atoms with Crippen molar-refractivity contribution >= 4 is 57.7 Å². The Hall–Kier alpha value is -2.28. The van der Waals surface area contributed by atoms with Crippen molar-refractivity contribution in [2.75, 3.05) is 19.7 Å². The van der Waals surface area contributed by atoms with E-state index in [-0.39, 0.29) is 24.3 Å². The molecule has 0 aliphatic carbocycles. The fraction of sp³-hybridized carbons (Fsp3) is 0.375. The quantitative estimate of drug-likeness (QED) is 0.419. The number of imidazole rings is 1. The summed E-state index contributed by atoms with van der Waals surface area (Å²) in [5.74, 6) is 0.0560. The van der Waals surface area contributed by atoms with Gasteiger partial charge in [0.1, 0.15) is 12.4 Å². The fourth-order valence-corrected chi connectivity index (χ4v) is 4.70. The molecule has 0 bridgehead atoms. The molecule has 6 nitrogen and oxygen atoms in total. The van der Waals surface area contributed by atoms with Crippen molar-refractivity contribution in [1.82, 2.24) is 14.5 Å². The standard InChI is InChI=1S/C24H24Cl3N3O3/c1-2-33-24(32)16-7-5-9-29(13-16)23(31)14-30-21-12-19(27)18(26)11-20(21)28-22(30)10-15-6-3-4-8-17(15)25/h3-4,6,8,11-12,16H,2,5,7,9-10,13-14H2,1H3. The molecule has 0 spiro atoms. The van der Waals surface area contributed by atoms with Gasteiger partial charge in [0.05, 0.1) is 33.6 Å². The highest BCUT2D eigenvalue weighted by Crippen LogP contribution is 2.30. The molecule has 1 fully saturated rings. The molecule has 1 aromatic heterocycles. The summed E-state index contributed by atoms with van der Waals surface area (Å²) in [6.45, 7) is 3.15. The van der Waals surface area contributed by atoms with Crippen molar-refractivity contribution in [2.24, 2.45) is 5.92 Å². The zero-order valence-electron chi connectivity index (χ0n) is 18.2. The van der Waals surface area contributed by atoms with Gasteiger partial charge in [-0.05, 0) is 43.5 Å². The predicted octanol–water partition coefficient (Wildman–Crippen LogP) is 5.39. The highest BCUT2D eigenvalue weighted by molar-refractivity contribution is 6.42. The molecule has 9 heteroatoms. The number of ether oxygens (including phenoxy) is 1. The van der Waals surface area contributed by atoms with Crippen LogP contribution in [0.25, 0.3) is 11.0 Å². The average Bonchev–Trinajstić information content (AvgIpc) is 3.11. The Labute approximate surface area is 207 Å². The smallest absolute Gasteiger partial charge is 0.310 e. The van der Waals surface area contributed by atoms with E-state index in [4.69, 9.17) is 44.5 Å². The summed E-state index contributed by atoms with van der Waals surface area (Å²) < 4.78 is 7.02. The van der Waals surface area contributed by atoms with Crippen molar-refractivity contribution in [1.29, 1.82) is 0 Å². The summed E-state index contributed by atoms with van der Waals surface area (Å²) in [6.07, 6.45) is 1.93. The number of esters is 1. The topological polar surface area (TPSA) is 64.4 Å². The van der Waals surface area contributed by atoms with Crippen LogP contribution in [0.4, 0.5) is 0 Å². The third-order valence-electron chi connectivity index (χ3n) is 5.86. The first kappa shape index (κ1) is 23.9. The van der Waals surface area contributed by atoms with E-state index in [1.807, 2.05) is 28.8 Å². The molecule has 1 aliphatic heterocycles. The van der Waals surface area contributed by atoms with Gasteiger partial charge in [-0.1, -0.05) is 53.0 Å². The lowest BCUT2D eigenvalue weighted by molar-refractivity contribution is -0.151. The lowest BCUT2D eigenvalue weighted by atomic mass is 9.98. The van der Waals surface area contributed by atoms with Gasteiger partial charge in [0.25, 0.3) is 0 Å². The lowest BCUT2D eigenvalue weighted by Crippen LogP contribution is -2.44. The molecule has 1 saturated heterocycles. The molecule has 33 heavy (non-hydrogen) atoms. The molecule has 0 N–H and O–H groups in total. The van der Waals surface area contributed by atoms with Crippen LogP contribution in [0, 0.1) is 5.92 Å². The maximum Gasteiger partial charge on any atom is 0.310 e. The molecular weight excluding hydrogens is 485 g/mol. The van der Waals surface area contributed by atoms with E-state index in [0.29, 0.717) is 52.5 Å². The summed E-state index contributed by atoms with van der Waals surface area (Å²) >= 11 is 18.9. The molecule has 1 unspecified atom stereocenters. The number of likely N-dealkylation sites (tertiary alicyclic amines) is 1. The average molecular weight is 509 g/mol. The number of nitrogens with zero attached hydrogens (tertiary/aromatic N) is 3. The zero-order chi connectivity index (χ0) is 23.5. The molecule has 3 aromatic rings. The van der Waals surface area contributed by atoms with Crippen molar-refractivity contribution < 1.29 is 14.3 Å². The Morgan fingerprint density at radius 3 is 2.64 bits per heavy atom. The van der Waals surface area contributed by atoms with E-state index in [1.54, 1.807) is 24.0 Å². The number of benzene rings is 2.